The van der Waals surface area contributed by atoms with E-state index in [1.807, 2.05) is 0 Å². The molecule has 23 heavy (non-hydrogen) atoms. The minimum absolute atomic E-state index is 0.492. The van der Waals surface area contributed by atoms with E-state index in [4.69, 9.17) is 23.2 Å². The molecule has 0 aliphatic rings. The van der Waals surface area contributed by atoms with Gasteiger partial charge in [-0.2, -0.15) is 5.10 Å². The topological polar surface area (TPSA) is 70.6 Å². The van der Waals surface area contributed by atoms with Crippen molar-refractivity contribution in [3.63, 3.8) is 0 Å². The fourth-order valence-corrected chi connectivity index (χ4v) is 2.15. The molecule has 0 bridgehead atoms. The number of rotatable bonds is 3. The van der Waals surface area contributed by atoms with Gasteiger partial charge in [-0.25, -0.2) is 5.43 Å². The fourth-order valence-electron chi connectivity index (χ4n) is 1.74. The molecule has 0 spiro atoms. The highest BCUT2D eigenvalue weighted by Crippen LogP contribution is 2.19. The maximum absolute atomic E-state index is 11.8. The largest absolute Gasteiger partial charge is 0.329 e. The lowest BCUT2D eigenvalue weighted by Gasteiger charge is -2.07. The monoisotopic (exact) mass is 349 g/mol. The van der Waals surface area contributed by atoms with Crippen molar-refractivity contribution >= 4 is 46.9 Å². The van der Waals surface area contributed by atoms with Gasteiger partial charge in [-0.15, -0.1) is 0 Å². The summed E-state index contributed by atoms with van der Waals surface area (Å²) >= 11 is 11.8. The van der Waals surface area contributed by atoms with Crippen molar-refractivity contribution in [2.45, 2.75) is 6.92 Å². The second kappa shape index (κ2) is 7.76. The Hall–Kier alpha value is -2.37. The highest BCUT2D eigenvalue weighted by molar-refractivity contribution is 6.39. The number of hydrogen-bond acceptors (Lipinski definition) is 3. The third kappa shape index (κ3) is 4.81. The van der Waals surface area contributed by atoms with Gasteiger partial charge in [0.05, 0.1) is 6.21 Å². The van der Waals surface area contributed by atoms with Crippen molar-refractivity contribution < 1.29 is 9.59 Å². The van der Waals surface area contributed by atoms with Crippen LogP contribution in [-0.2, 0) is 9.59 Å². The van der Waals surface area contributed by atoms with Gasteiger partial charge in [0.1, 0.15) is 0 Å². The lowest BCUT2D eigenvalue weighted by atomic mass is 10.2. The number of nitrogens with one attached hydrogen (secondary N) is 2. The van der Waals surface area contributed by atoms with Gasteiger partial charge < -0.3 is 5.32 Å². The van der Waals surface area contributed by atoms with Crippen LogP contribution in [0, 0.1) is 6.92 Å². The van der Waals surface area contributed by atoms with Crippen molar-refractivity contribution in [2.24, 2.45) is 5.10 Å². The van der Waals surface area contributed by atoms with Crippen molar-refractivity contribution in [2.75, 3.05) is 5.32 Å². The Bertz CT molecular complexity index is 776. The van der Waals surface area contributed by atoms with E-state index in [-0.39, 0.29) is 0 Å². The number of hydrogen-bond donors (Lipinski definition) is 2. The molecule has 0 radical (unpaired) electrons. The summed E-state index contributed by atoms with van der Waals surface area (Å²) in [5.41, 5.74) is 4.02. The van der Waals surface area contributed by atoms with E-state index >= 15 is 0 Å². The number of carbonyl (C=O) groups is 2. The Balaban J connectivity index is 1.95. The Labute approximate surface area is 143 Å². The number of hydrazone groups is 1. The van der Waals surface area contributed by atoms with Crippen LogP contribution in [0.15, 0.2) is 47.6 Å². The van der Waals surface area contributed by atoms with Gasteiger partial charge in [0, 0.05) is 21.3 Å². The quantitative estimate of drug-likeness (QED) is 0.506. The molecular weight excluding hydrogens is 337 g/mol. The standard InChI is InChI=1S/C16H13Cl2N3O2/c1-10-8-12(17)6-7-14(10)20-15(22)16(23)21-19-9-11-4-2-3-5-13(11)18/h2-9H,1H3,(H,20,22)(H,21,23)/b19-9-. The zero-order valence-electron chi connectivity index (χ0n) is 12.1. The van der Waals surface area contributed by atoms with E-state index in [0.29, 0.717) is 21.3 Å². The molecule has 0 fully saturated rings. The number of benzene rings is 2. The van der Waals surface area contributed by atoms with Crippen molar-refractivity contribution in [3.8, 4) is 0 Å². The first-order valence-corrected chi connectivity index (χ1v) is 7.38. The lowest BCUT2D eigenvalue weighted by molar-refractivity contribution is -0.136. The molecule has 0 aromatic heterocycles. The number of amides is 2. The van der Waals surface area contributed by atoms with Gasteiger partial charge in [-0.3, -0.25) is 9.59 Å². The highest BCUT2D eigenvalue weighted by Gasteiger charge is 2.14. The molecule has 0 atom stereocenters. The minimum Gasteiger partial charge on any atom is -0.317 e. The van der Waals surface area contributed by atoms with Crippen LogP contribution in [0.2, 0.25) is 10.0 Å². The predicted molar refractivity (Wildman–Crippen MR) is 92.0 cm³/mol. The number of nitrogens with zero attached hydrogens (tertiary/aromatic N) is 1. The predicted octanol–water partition coefficient (Wildman–Crippen LogP) is 3.39. The smallest absolute Gasteiger partial charge is 0.317 e. The first kappa shape index (κ1) is 17.0. The normalized spacial score (nSPS) is 10.6. The summed E-state index contributed by atoms with van der Waals surface area (Å²) in [5.74, 6) is -1.71. The first-order valence-electron chi connectivity index (χ1n) is 6.62. The zero-order valence-corrected chi connectivity index (χ0v) is 13.7. The van der Waals surface area contributed by atoms with Gasteiger partial charge in [-0.1, -0.05) is 41.4 Å². The number of anilines is 1. The molecule has 0 saturated heterocycles. The minimum atomic E-state index is -0.886. The molecule has 0 heterocycles. The molecule has 118 valence electrons. The summed E-state index contributed by atoms with van der Waals surface area (Å²) < 4.78 is 0. The molecule has 2 aromatic carbocycles. The van der Waals surface area contributed by atoms with Gasteiger partial charge >= 0.3 is 11.8 Å². The summed E-state index contributed by atoms with van der Waals surface area (Å²) in [6.07, 6.45) is 1.36. The van der Waals surface area contributed by atoms with Crippen LogP contribution >= 0.6 is 23.2 Å². The van der Waals surface area contributed by atoms with E-state index in [0.717, 1.165) is 5.56 Å². The van der Waals surface area contributed by atoms with Crippen molar-refractivity contribution in [1.82, 2.24) is 5.43 Å². The lowest BCUT2D eigenvalue weighted by Crippen LogP contribution is -2.32. The van der Waals surface area contributed by atoms with Gasteiger partial charge in [0.25, 0.3) is 0 Å². The van der Waals surface area contributed by atoms with Crippen LogP contribution in [0.4, 0.5) is 5.69 Å². The maximum atomic E-state index is 11.8. The van der Waals surface area contributed by atoms with E-state index in [2.05, 4.69) is 15.8 Å². The van der Waals surface area contributed by atoms with Crippen LogP contribution in [-0.4, -0.2) is 18.0 Å². The Kier molecular flexibility index (Phi) is 5.73. The average molecular weight is 350 g/mol. The summed E-state index contributed by atoms with van der Waals surface area (Å²) in [7, 11) is 0. The first-order chi connectivity index (χ1) is 11.0. The Morgan fingerprint density at radius 1 is 1.09 bits per heavy atom. The van der Waals surface area contributed by atoms with Crippen LogP contribution in [0.1, 0.15) is 11.1 Å². The van der Waals surface area contributed by atoms with E-state index in [1.54, 1.807) is 49.4 Å². The highest BCUT2D eigenvalue weighted by atomic mass is 35.5. The molecule has 5 nitrogen and oxygen atoms in total. The molecule has 0 aliphatic heterocycles. The molecule has 2 aromatic rings. The van der Waals surface area contributed by atoms with Gasteiger partial charge in [0.15, 0.2) is 0 Å². The van der Waals surface area contributed by atoms with E-state index < -0.39 is 11.8 Å². The average Bonchev–Trinajstić information content (AvgIpc) is 2.51. The van der Waals surface area contributed by atoms with Crippen molar-refractivity contribution in [3.05, 3.63) is 63.6 Å². The zero-order chi connectivity index (χ0) is 16.8. The van der Waals surface area contributed by atoms with Crippen LogP contribution in [0.3, 0.4) is 0 Å². The molecule has 0 saturated carbocycles. The SMILES string of the molecule is Cc1cc(Cl)ccc1NC(=O)C(=O)N/N=C\c1ccccc1Cl. The number of aryl methyl sites for hydroxylation is 1. The Morgan fingerprint density at radius 2 is 1.83 bits per heavy atom. The summed E-state index contributed by atoms with van der Waals surface area (Å²) in [5, 5.41) is 7.24. The molecule has 0 aliphatic carbocycles. The molecule has 2 rings (SSSR count). The van der Waals surface area contributed by atoms with Crippen molar-refractivity contribution in [1.29, 1.82) is 0 Å². The maximum Gasteiger partial charge on any atom is 0.329 e. The van der Waals surface area contributed by atoms with Crippen LogP contribution in [0.25, 0.3) is 0 Å². The van der Waals surface area contributed by atoms with Gasteiger partial charge in [-0.05, 0) is 36.8 Å². The summed E-state index contributed by atoms with van der Waals surface area (Å²) in [4.78, 5) is 23.5. The summed E-state index contributed by atoms with van der Waals surface area (Å²) in [6, 6.07) is 11.9. The number of carbonyl (C=O) groups excluding carboxylic acids is 2. The second-order valence-electron chi connectivity index (χ2n) is 4.63. The molecular formula is C16H13Cl2N3O2. The van der Waals surface area contributed by atoms with E-state index in [9.17, 15) is 9.59 Å². The van der Waals surface area contributed by atoms with Gasteiger partial charge in [0.2, 0.25) is 0 Å². The fraction of sp³-hybridized carbons (Fsp3) is 0.0625. The van der Waals surface area contributed by atoms with Crippen LogP contribution in [0.5, 0.6) is 0 Å². The third-order valence-corrected chi connectivity index (χ3v) is 3.50. The molecule has 7 heteroatoms. The second-order valence-corrected chi connectivity index (χ2v) is 5.48. The summed E-state index contributed by atoms with van der Waals surface area (Å²) in [6.45, 7) is 1.77. The molecule has 0 unspecified atom stereocenters. The number of halogens is 2. The third-order valence-electron chi connectivity index (χ3n) is 2.92. The molecule has 2 N–H and O–H groups in total. The molecule has 2 amide bonds. The van der Waals surface area contributed by atoms with Crippen LogP contribution < -0.4 is 10.7 Å². The van der Waals surface area contributed by atoms with E-state index in [1.165, 1.54) is 6.21 Å². The Morgan fingerprint density at radius 3 is 2.52 bits per heavy atom.